The van der Waals surface area contributed by atoms with Crippen LogP contribution in [-0.4, -0.2) is 20.2 Å². The molecule has 0 heterocycles. The second-order valence-corrected chi connectivity index (χ2v) is 6.97. The number of carbonyl (C=O) groups excluding carboxylic acids is 1. The lowest BCUT2D eigenvalue weighted by molar-refractivity contribution is -0.0500. The van der Waals surface area contributed by atoms with Gasteiger partial charge in [0.2, 0.25) is 0 Å². The third kappa shape index (κ3) is 4.16. The maximum absolute atomic E-state index is 12.6. The van der Waals surface area contributed by atoms with Crippen molar-refractivity contribution in [3.8, 4) is 11.5 Å². The number of benzene rings is 2. The first kappa shape index (κ1) is 19.8. The van der Waals surface area contributed by atoms with Crippen LogP contribution in [0.2, 0.25) is 0 Å². The van der Waals surface area contributed by atoms with Crippen LogP contribution < -0.4 is 8.92 Å². The topological polar surface area (TPSA) is 69.7 Å². The van der Waals surface area contributed by atoms with Gasteiger partial charge in [-0.05, 0) is 31.0 Å². The minimum atomic E-state index is -5.92. The van der Waals surface area contributed by atoms with Gasteiger partial charge in [0.05, 0.1) is 5.56 Å². The fourth-order valence-electron chi connectivity index (χ4n) is 2.17. The summed E-state index contributed by atoms with van der Waals surface area (Å²) in [5, 5.41) is 0. The molecule has 0 spiro atoms. The van der Waals surface area contributed by atoms with E-state index in [0.717, 1.165) is 5.56 Å². The molecular weight excluding hydrogens is 373 g/mol. The number of ether oxygens (including phenoxy) is 1. The van der Waals surface area contributed by atoms with E-state index < -0.39 is 21.4 Å². The normalized spacial score (nSPS) is 11.9. The summed E-state index contributed by atoms with van der Waals surface area (Å²) < 4.78 is 70.4. The van der Waals surface area contributed by atoms with Gasteiger partial charge >= 0.3 is 15.6 Å². The Bertz CT molecular complexity index is 906. The molecule has 0 aliphatic rings. The third-order valence-electron chi connectivity index (χ3n) is 3.56. The van der Waals surface area contributed by atoms with Gasteiger partial charge in [-0.25, -0.2) is 0 Å². The van der Waals surface area contributed by atoms with E-state index in [9.17, 15) is 26.4 Å². The second kappa shape index (κ2) is 7.36. The van der Waals surface area contributed by atoms with Gasteiger partial charge in [0, 0.05) is 5.56 Å². The van der Waals surface area contributed by atoms with Gasteiger partial charge in [-0.3, -0.25) is 4.79 Å². The highest BCUT2D eigenvalue weighted by molar-refractivity contribution is 7.88. The van der Waals surface area contributed by atoms with Crippen LogP contribution >= 0.6 is 0 Å². The molecular formula is C17H15F3O5S. The summed E-state index contributed by atoms with van der Waals surface area (Å²) in [6, 6.07) is 10.4. The molecule has 0 aliphatic carbocycles. The summed E-state index contributed by atoms with van der Waals surface area (Å²) in [4.78, 5) is 11.2. The summed E-state index contributed by atoms with van der Waals surface area (Å²) in [5.41, 5.74) is -4.91. The lowest BCUT2D eigenvalue weighted by Gasteiger charge is -2.18. The molecule has 9 heteroatoms. The lowest BCUT2D eigenvalue weighted by atomic mass is 10.0. The Balaban J connectivity index is 2.44. The highest BCUT2D eigenvalue weighted by Crippen LogP contribution is 2.37. The van der Waals surface area contributed by atoms with Gasteiger partial charge in [0.15, 0.2) is 12.0 Å². The number of hydrogen-bond donors (Lipinski definition) is 0. The second-order valence-electron chi connectivity index (χ2n) is 5.43. The number of carbonyl (C=O) groups is 1. The molecule has 0 radical (unpaired) electrons. The molecule has 0 bridgehead atoms. The fourth-order valence-corrected chi connectivity index (χ4v) is 2.70. The molecule has 0 saturated carbocycles. The number of hydrogen-bond acceptors (Lipinski definition) is 5. The van der Waals surface area contributed by atoms with Crippen molar-refractivity contribution >= 4 is 16.4 Å². The Morgan fingerprint density at radius 2 is 1.73 bits per heavy atom. The molecule has 2 aromatic rings. The standard InChI is InChI=1S/C17H15F3O5S/c1-11-8-15(24-10-13-6-4-3-5-7-13)12(2)16(14(11)9-21)25-26(22,23)17(18,19)20/h3-9H,10H2,1-2H3. The molecule has 0 atom stereocenters. The first-order valence-corrected chi connectivity index (χ1v) is 8.74. The zero-order chi connectivity index (χ0) is 19.5. The molecule has 0 N–H and O–H groups in total. The van der Waals surface area contributed by atoms with E-state index in [4.69, 9.17) is 4.74 Å². The first-order valence-electron chi connectivity index (χ1n) is 7.33. The van der Waals surface area contributed by atoms with Crippen LogP contribution in [0.4, 0.5) is 13.2 Å². The molecule has 0 aliphatic heterocycles. The number of halogens is 3. The minimum absolute atomic E-state index is 0.0264. The van der Waals surface area contributed by atoms with E-state index in [1.807, 2.05) is 6.07 Å². The highest BCUT2D eigenvalue weighted by atomic mass is 32.2. The van der Waals surface area contributed by atoms with Crippen molar-refractivity contribution in [2.24, 2.45) is 0 Å². The minimum Gasteiger partial charge on any atom is -0.488 e. The van der Waals surface area contributed by atoms with Crippen LogP contribution in [0.1, 0.15) is 27.0 Å². The van der Waals surface area contributed by atoms with Crippen molar-refractivity contribution in [3.05, 3.63) is 58.7 Å². The molecule has 0 unspecified atom stereocenters. The van der Waals surface area contributed by atoms with Crippen LogP contribution in [0.5, 0.6) is 11.5 Å². The van der Waals surface area contributed by atoms with Gasteiger partial charge in [0.25, 0.3) is 0 Å². The van der Waals surface area contributed by atoms with Crippen LogP contribution in [0.3, 0.4) is 0 Å². The van der Waals surface area contributed by atoms with Gasteiger partial charge in [-0.15, -0.1) is 0 Å². The van der Waals surface area contributed by atoms with Crippen LogP contribution in [0.15, 0.2) is 36.4 Å². The van der Waals surface area contributed by atoms with Crippen molar-refractivity contribution in [2.75, 3.05) is 0 Å². The molecule has 0 saturated heterocycles. The summed E-state index contributed by atoms with van der Waals surface area (Å²) in [6.07, 6.45) is 0.241. The van der Waals surface area contributed by atoms with E-state index in [1.54, 1.807) is 24.3 Å². The Kier molecular flexibility index (Phi) is 5.60. The molecule has 5 nitrogen and oxygen atoms in total. The molecule has 26 heavy (non-hydrogen) atoms. The van der Waals surface area contributed by atoms with E-state index in [0.29, 0.717) is 0 Å². The molecule has 140 valence electrons. The number of alkyl halides is 3. The predicted octanol–water partition coefficient (Wildman–Crippen LogP) is 3.92. The lowest BCUT2D eigenvalue weighted by Crippen LogP contribution is -2.28. The molecule has 2 rings (SSSR count). The average Bonchev–Trinajstić information content (AvgIpc) is 2.56. The zero-order valence-electron chi connectivity index (χ0n) is 13.8. The monoisotopic (exact) mass is 388 g/mol. The van der Waals surface area contributed by atoms with Crippen molar-refractivity contribution in [1.29, 1.82) is 0 Å². The van der Waals surface area contributed by atoms with Gasteiger partial charge < -0.3 is 8.92 Å². The van der Waals surface area contributed by atoms with Gasteiger partial charge in [0.1, 0.15) is 12.4 Å². The smallest absolute Gasteiger partial charge is 0.488 e. The van der Waals surface area contributed by atoms with Crippen LogP contribution in [0.25, 0.3) is 0 Å². The number of rotatable bonds is 6. The third-order valence-corrected chi connectivity index (χ3v) is 4.51. The van der Waals surface area contributed by atoms with Gasteiger partial charge in [-0.1, -0.05) is 30.3 Å². The fraction of sp³-hybridized carbons (Fsp3) is 0.235. The Morgan fingerprint density at radius 3 is 2.27 bits per heavy atom. The summed E-state index contributed by atoms with van der Waals surface area (Å²) in [7, 11) is -5.92. The summed E-state index contributed by atoms with van der Waals surface area (Å²) >= 11 is 0. The van der Waals surface area contributed by atoms with Crippen molar-refractivity contribution in [1.82, 2.24) is 0 Å². The summed E-state index contributed by atoms with van der Waals surface area (Å²) in [6.45, 7) is 2.85. The van der Waals surface area contributed by atoms with Gasteiger partial charge in [-0.2, -0.15) is 21.6 Å². The van der Waals surface area contributed by atoms with E-state index in [1.165, 1.54) is 19.9 Å². The van der Waals surface area contributed by atoms with E-state index >= 15 is 0 Å². The van der Waals surface area contributed by atoms with Crippen LogP contribution in [0, 0.1) is 13.8 Å². The first-order chi connectivity index (χ1) is 12.1. The largest absolute Gasteiger partial charge is 0.534 e. The average molecular weight is 388 g/mol. The maximum atomic E-state index is 12.6. The van der Waals surface area contributed by atoms with E-state index in [-0.39, 0.29) is 35.3 Å². The molecule has 0 aromatic heterocycles. The SMILES string of the molecule is Cc1cc(OCc2ccccc2)c(C)c(OS(=O)(=O)C(F)(F)F)c1C=O. The molecule has 0 amide bonds. The summed E-state index contributed by atoms with van der Waals surface area (Å²) in [5.74, 6) is -0.579. The molecule has 0 fully saturated rings. The van der Waals surface area contributed by atoms with Crippen molar-refractivity contribution < 1.29 is 35.3 Å². The Labute approximate surface area is 148 Å². The highest BCUT2D eigenvalue weighted by Gasteiger charge is 2.49. The van der Waals surface area contributed by atoms with Crippen molar-refractivity contribution in [3.63, 3.8) is 0 Å². The quantitative estimate of drug-likeness (QED) is 0.426. The Hall–Kier alpha value is -2.55. The van der Waals surface area contributed by atoms with E-state index in [2.05, 4.69) is 4.18 Å². The zero-order valence-corrected chi connectivity index (χ0v) is 14.6. The van der Waals surface area contributed by atoms with Crippen molar-refractivity contribution in [2.45, 2.75) is 26.0 Å². The number of aryl methyl sites for hydroxylation is 1. The Morgan fingerprint density at radius 1 is 1.12 bits per heavy atom. The number of aldehydes is 1. The predicted molar refractivity (Wildman–Crippen MR) is 87.7 cm³/mol. The van der Waals surface area contributed by atoms with Crippen LogP contribution in [-0.2, 0) is 16.7 Å². The molecule has 2 aromatic carbocycles. The maximum Gasteiger partial charge on any atom is 0.534 e.